The van der Waals surface area contributed by atoms with Crippen LogP contribution in [0.4, 0.5) is 0 Å². The number of amides is 1. The first kappa shape index (κ1) is 16.2. The van der Waals surface area contributed by atoms with E-state index in [-0.39, 0.29) is 21.1 Å². The molecule has 1 aliphatic heterocycles. The Morgan fingerprint density at radius 1 is 1.22 bits per heavy atom. The summed E-state index contributed by atoms with van der Waals surface area (Å²) in [7, 11) is -3.56. The molecule has 3 rings (SSSR count). The van der Waals surface area contributed by atoms with Crippen LogP contribution in [0.2, 0.25) is 0 Å². The highest BCUT2D eigenvalue weighted by Gasteiger charge is 2.25. The van der Waals surface area contributed by atoms with Crippen LogP contribution in [0, 0.1) is 0 Å². The number of rotatable bonds is 3. The Hall–Kier alpha value is -1.70. The van der Waals surface area contributed by atoms with Crippen molar-refractivity contribution in [1.29, 1.82) is 0 Å². The molecule has 1 unspecified atom stereocenters. The van der Waals surface area contributed by atoms with Gasteiger partial charge >= 0.3 is 0 Å². The molecule has 1 saturated heterocycles. The average molecular weight is 350 g/mol. The van der Waals surface area contributed by atoms with E-state index in [2.05, 4.69) is 5.32 Å². The molecule has 2 aromatic rings. The number of nitrogens with zero attached hydrogens (tertiary/aromatic N) is 1. The van der Waals surface area contributed by atoms with Gasteiger partial charge in [0.15, 0.2) is 0 Å². The van der Waals surface area contributed by atoms with Crippen LogP contribution in [-0.2, 0) is 9.84 Å². The van der Waals surface area contributed by atoms with Gasteiger partial charge in [0.1, 0.15) is 4.21 Å². The molecule has 0 saturated carbocycles. The Balaban J connectivity index is 1.84. The second kappa shape index (κ2) is 6.43. The van der Waals surface area contributed by atoms with Gasteiger partial charge in [-0.1, -0.05) is 18.2 Å². The lowest BCUT2D eigenvalue weighted by Gasteiger charge is -2.31. The zero-order valence-corrected chi connectivity index (χ0v) is 14.4. The minimum Gasteiger partial charge on any atom is -0.335 e. The topological polar surface area (TPSA) is 66.5 Å². The Morgan fingerprint density at radius 3 is 2.65 bits per heavy atom. The van der Waals surface area contributed by atoms with Gasteiger partial charge in [0.05, 0.1) is 9.77 Å². The van der Waals surface area contributed by atoms with E-state index >= 15 is 0 Å². The fourth-order valence-corrected chi connectivity index (χ4v) is 5.27. The molecule has 0 bridgehead atoms. The maximum absolute atomic E-state index is 12.6. The van der Waals surface area contributed by atoms with Crippen LogP contribution < -0.4 is 5.32 Å². The zero-order valence-electron chi connectivity index (χ0n) is 12.7. The van der Waals surface area contributed by atoms with Crippen LogP contribution >= 0.6 is 11.3 Å². The summed E-state index contributed by atoms with van der Waals surface area (Å²) >= 11 is 1.04. The number of carbonyl (C=O) groups excluding carboxylic acids is 1. The number of hydrogen-bond acceptors (Lipinski definition) is 5. The summed E-state index contributed by atoms with van der Waals surface area (Å²) in [6.45, 7) is 4.06. The molecule has 2 heterocycles. The van der Waals surface area contributed by atoms with Crippen molar-refractivity contribution in [3.05, 3.63) is 47.3 Å². The van der Waals surface area contributed by atoms with E-state index in [9.17, 15) is 13.2 Å². The number of piperazine rings is 1. The average Bonchev–Trinajstić information content (AvgIpc) is 3.06. The Bertz CT molecular complexity index is 800. The zero-order chi connectivity index (χ0) is 16.4. The monoisotopic (exact) mass is 350 g/mol. The molecule has 0 radical (unpaired) electrons. The van der Waals surface area contributed by atoms with Gasteiger partial charge < -0.3 is 10.2 Å². The summed E-state index contributed by atoms with van der Waals surface area (Å²) in [6, 6.07) is 11.7. The molecule has 1 aliphatic rings. The molecule has 23 heavy (non-hydrogen) atoms. The fraction of sp³-hybridized carbons (Fsp3) is 0.312. The van der Waals surface area contributed by atoms with Crippen LogP contribution in [0.1, 0.15) is 16.6 Å². The minimum absolute atomic E-state index is 0.0992. The van der Waals surface area contributed by atoms with Crippen LogP contribution in [0.3, 0.4) is 0 Å². The molecule has 7 heteroatoms. The number of hydrogen-bond donors (Lipinski definition) is 1. The second-order valence-corrected chi connectivity index (χ2v) is 8.80. The van der Waals surface area contributed by atoms with Crippen molar-refractivity contribution in [2.45, 2.75) is 22.1 Å². The lowest BCUT2D eigenvalue weighted by molar-refractivity contribution is 0.0714. The van der Waals surface area contributed by atoms with Gasteiger partial charge in [-0.2, -0.15) is 0 Å². The maximum Gasteiger partial charge on any atom is 0.264 e. The van der Waals surface area contributed by atoms with Crippen LogP contribution in [0.15, 0.2) is 51.6 Å². The van der Waals surface area contributed by atoms with E-state index in [0.717, 1.165) is 17.9 Å². The second-order valence-electron chi connectivity index (χ2n) is 5.54. The van der Waals surface area contributed by atoms with Crippen LogP contribution in [0.5, 0.6) is 0 Å². The smallest absolute Gasteiger partial charge is 0.264 e. The summed E-state index contributed by atoms with van der Waals surface area (Å²) in [5.41, 5.74) is 0. The SMILES string of the molecule is CC1CN(C(=O)c2ccc(S(=O)(=O)c3ccccc3)s2)CCN1. The van der Waals surface area contributed by atoms with Crippen molar-refractivity contribution in [3.63, 3.8) is 0 Å². The highest BCUT2D eigenvalue weighted by molar-refractivity contribution is 7.93. The molecule has 0 spiro atoms. The van der Waals surface area contributed by atoms with Gasteiger partial charge in [0.2, 0.25) is 9.84 Å². The van der Waals surface area contributed by atoms with Gasteiger partial charge in [-0.25, -0.2) is 8.42 Å². The molecule has 5 nitrogen and oxygen atoms in total. The van der Waals surface area contributed by atoms with Crippen molar-refractivity contribution < 1.29 is 13.2 Å². The summed E-state index contributed by atoms with van der Waals surface area (Å²) in [6.07, 6.45) is 0. The first-order valence-electron chi connectivity index (χ1n) is 7.41. The van der Waals surface area contributed by atoms with E-state index in [4.69, 9.17) is 0 Å². The highest BCUT2D eigenvalue weighted by atomic mass is 32.2. The van der Waals surface area contributed by atoms with Crippen molar-refractivity contribution >= 4 is 27.1 Å². The van der Waals surface area contributed by atoms with E-state index in [1.54, 1.807) is 41.3 Å². The largest absolute Gasteiger partial charge is 0.335 e. The van der Waals surface area contributed by atoms with Gasteiger partial charge in [-0.15, -0.1) is 11.3 Å². The molecule has 122 valence electrons. The predicted octanol–water partition coefficient (Wildman–Crippen LogP) is 2.01. The lowest BCUT2D eigenvalue weighted by atomic mass is 10.2. The van der Waals surface area contributed by atoms with E-state index < -0.39 is 9.84 Å². The third-order valence-corrected chi connectivity index (χ3v) is 7.10. The minimum atomic E-state index is -3.56. The molecule has 1 aromatic heterocycles. The van der Waals surface area contributed by atoms with E-state index in [1.165, 1.54) is 6.07 Å². The molecular formula is C16H18N2O3S2. The summed E-state index contributed by atoms with van der Waals surface area (Å²) in [5, 5.41) is 3.28. The Morgan fingerprint density at radius 2 is 1.96 bits per heavy atom. The van der Waals surface area contributed by atoms with Crippen LogP contribution in [-0.4, -0.2) is 44.9 Å². The molecule has 1 atom stereocenters. The third-order valence-electron chi connectivity index (χ3n) is 3.77. The van der Waals surface area contributed by atoms with E-state index in [1.807, 2.05) is 6.92 Å². The van der Waals surface area contributed by atoms with E-state index in [0.29, 0.717) is 18.0 Å². The number of nitrogens with one attached hydrogen (secondary N) is 1. The molecule has 1 amide bonds. The molecule has 1 fully saturated rings. The molecular weight excluding hydrogens is 332 g/mol. The van der Waals surface area contributed by atoms with Crippen molar-refractivity contribution in [2.24, 2.45) is 0 Å². The quantitative estimate of drug-likeness (QED) is 0.920. The normalized spacial score (nSPS) is 18.8. The lowest BCUT2D eigenvalue weighted by Crippen LogP contribution is -2.51. The first-order chi connectivity index (χ1) is 11.0. The van der Waals surface area contributed by atoms with Gasteiger partial charge in [0.25, 0.3) is 5.91 Å². The number of carbonyl (C=O) groups is 1. The summed E-state index contributed by atoms with van der Waals surface area (Å²) < 4.78 is 25.4. The first-order valence-corrected chi connectivity index (χ1v) is 9.71. The predicted molar refractivity (Wildman–Crippen MR) is 89.6 cm³/mol. The molecule has 0 aliphatic carbocycles. The van der Waals surface area contributed by atoms with Crippen molar-refractivity contribution in [3.8, 4) is 0 Å². The standard InChI is InChI=1S/C16H18N2O3S2/c1-12-11-18(10-9-17-12)16(19)14-7-8-15(22-14)23(20,21)13-5-3-2-4-6-13/h2-8,12,17H,9-11H2,1H3. The Labute approximate surface area is 139 Å². The number of sulfone groups is 1. The number of benzene rings is 1. The van der Waals surface area contributed by atoms with Crippen molar-refractivity contribution in [1.82, 2.24) is 10.2 Å². The Kier molecular flexibility index (Phi) is 4.52. The van der Waals surface area contributed by atoms with Gasteiger partial charge in [-0.05, 0) is 31.2 Å². The van der Waals surface area contributed by atoms with Gasteiger partial charge in [-0.3, -0.25) is 4.79 Å². The van der Waals surface area contributed by atoms with Crippen LogP contribution in [0.25, 0.3) is 0 Å². The number of thiophene rings is 1. The third kappa shape index (κ3) is 3.31. The molecule has 1 aromatic carbocycles. The molecule has 1 N–H and O–H groups in total. The highest BCUT2D eigenvalue weighted by Crippen LogP contribution is 2.28. The summed E-state index contributed by atoms with van der Waals surface area (Å²) in [5.74, 6) is -0.0992. The maximum atomic E-state index is 12.6. The van der Waals surface area contributed by atoms with Crippen molar-refractivity contribution in [2.75, 3.05) is 19.6 Å². The fourth-order valence-electron chi connectivity index (χ4n) is 2.57. The van der Waals surface area contributed by atoms with Gasteiger partial charge in [0, 0.05) is 25.7 Å². The summed E-state index contributed by atoms with van der Waals surface area (Å²) in [4.78, 5) is 15.0.